The summed E-state index contributed by atoms with van der Waals surface area (Å²) in [5.74, 6) is 1.54. The van der Waals surface area contributed by atoms with Crippen LogP contribution in [0.4, 0.5) is 0 Å². The molecule has 5 heteroatoms. The van der Waals surface area contributed by atoms with Gasteiger partial charge in [-0.1, -0.05) is 6.07 Å². The molecule has 1 aromatic carbocycles. The van der Waals surface area contributed by atoms with E-state index in [-0.39, 0.29) is 0 Å². The molecule has 1 aromatic heterocycles. The van der Waals surface area contributed by atoms with E-state index in [1.54, 1.807) is 25.6 Å². The number of methoxy groups -OCH3 is 2. The number of hydrogen-bond donors (Lipinski definition) is 1. The molecular weight excluding hydrogens is 284 g/mol. The van der Waals surface area contributed by atoms with Crippen molar-refractivity contribution in [3.05, 3.63) is 39.8 Å². The number of aromatic nitrogens is 1. The van der Waals surface area contributed by atoms with Crippen LogP contribution < -0.4 is 14.8 Å². The van der Waals surface area contributed by atoms with Crippen LogP contribution in [0.3, 0.4) is 0 Å². The van der Waals surface area contributed by atoms with Crippen molar-refractivity contribution in [2.24, 2.45) is 0 Å². The second-order valence-electron chi connectivity index (χ2n) is 5.04. The van der Waals surface area contributed by atoms with Gasteiger partial charge >= 0.3 is 0 Å². The van der Waals surface area contributed by atoms with Gasteiger partial charge in [-0.05, 0) is 38.0 Å². The van der Waals surface area contributed by atoms with Gasteiger partial charge in [0.25, 0.3) is 0 Å². The number of thiazole rings is 1. The van der Waals surface area contributed by atoms with E-state index in [9.17, 15) is 0 Å². The second-order valence-corrected chi connectivity index (χ2v) is 5.98. The monoisotopic (exact) mass is 306 g/mol. The fourth-order valence-electron chi connectivity index (χ4n) is 2.20. The summed E-state index contributed by atoms with van der Waals surface area (Å²) in [7, 11) is 3.31. The SMILES string of the molecule is COc1ccc(CC(C)NCc2scnc2C)cc1OC. The molecule has 114 valence electrons. The van der Waals surface area contributed by atoms with Crippen LogP contribution in [0.25, 0.3) is 0 Å². The van der Waals surface area contributed by atoms with Crippen LogP contribution in [0.15, 0.2) is 23.7 Å². The molecule has 4 nitrogen and oxygen atoms in total. The van der Waals surface area contributed by atoms with E-state index in [0.717, 1.165) is 30.2 Å². The Balaban J connectivity index is 1.93. The molecule has 0 spiro atoms. The Morgan fingerprint density at radius 2 is 2.00 bits per heavy atom. The number of ether oxygens (including phenoxy) is 2. The Morgan fingerprint density at radius 1 is 1.24 bits per heavy atom. The average molecular weight is 306 g/mol. The van der Waals surface area contributed by atoms with Gasteiger partial charge < -0.3 is 14.8 Å². The van der Waals surface area contributed by atoms with Crippen LogP contribution in [-0.4, -0.2) is 25.2 Å². The summed E-state index contributed by atoms with van der Waals surface area (Å²) in [5.41, 5.74) is 4.24. The predicted octanol–water partition coefficient (Wildman–Crippen LogP) is 3.19. The zero-order valence-corrected chi connectivity index (χ0v) is 13.8. The van der Waals surface area contributed by atoms with E-state index in [2.05, 4.69) is 23.3 Å². The summed E-state index contributed by atoms with van der Waals surface area (Å²) >= 11 is 1.70. The van der Waals surface area contributed by atoms with Crippen LogP contribution in [0.5, 0.6) is 11.5 Å². The first-order chi connectivity index (χ1) is 10.1. The van der Waals surface area contributed by atoms with Crippen molar-refractivity contribution < 1.29 is 9.47 Å². The molecule has 0 aliphatic heterocycles. The predicted molar refractivity (Wildman–Crippen MR) is 86.4 cm³/mol. The summed E-state index contributed by atoms with van der Waals surface area (Å²) in [6, 6.07) is 6.45. The van der Waals surface area contributed by atoms with Crippen LogP contribution in [0.1, 0.15) is 23.1 Å². The first-order valence-electron chi connectivity index (χ1n) is 6.97. The molecule has 0 aliphatic rings. The fraction of sp³-hybridized carbons (Fsp3) is 0.438. The van der Waals surface area contributed by atoms with Gasteiger partial charge in [0.2, 0.25) is 0 Å². The molecule has 0 saturated carbocycles. The molecule has 0 amide bonds. The zero-order chi connectivity index (χ0) is 15.2. The fourth-order valence-corrected chi connectivity index (χ4v) is 2.92. The lowest BCUT2D eigenvalue weighted by Gasteiger charge is -2.15. The van der Waals surface area contributed by atoms with E-state index in [1.807, 2.05) is 24.6 Å². The van der Waals surface area contributed by atoms with Gasteiger partial charge in [0, 0.05) is 17.5 Å². The molecule has 0 fully saturated rings. The first kappa shape index (κ1) is 15.8. The Bertz CT molecular complexity index is 583. The molecule has 1 unspecified atom stereocenters. The molecule has 2 aromatic rings. The van der Waals surface area contributed by atoms with Gasteiger partial charge in [0.15, 0.2) is 11.5 Å². The van der Waals surface area contributed by atoms with Crippen molar-refractivity contribution in [2.75, 3.05) is 14.2 Å². The van der Waals surface area contributed by atoms with Crippen molar-refractivity contribution in [2.45, 2.75) is 32.9 Å². The zero-order valence-electron chi connectivity index (χ0n) is 13.0. The minimum absolute atomic E-state index is 0.379. The third-order valence-corrected chi connectivity index (χ3v) is 4.38. The van der Waals surface area contributed by atoms with Crippen molar-refractivity contribution in [3.63, 3.8) is 0 Å². The van der Waals surface area contributed by atoms with Gasteiger partial charge in [-0.3, -0.25) is 0 Å². The summed E-state index contributed by atoms with van der Waals surface area (Å²) in [4.78, 5) is 5.57. The molecule has 1 heterocycles. The lowest BCUT2D eigenvalue weighted by atomic mass is 10.1. The number of rotatable bonds is 7. The lowest BCUT2D eigenvalue weighted by Crippen LogP contribution is -2.27. The summed E-state index contributed by atoms with van der Waals surface area (Å²) < 4.78 is 10.6. The van der Waals surface area contributed by atoms with E-state index < -0.39 is 0 Å². The number of nitrogens with zero attached hydrogens (tertiary/aromatic N) is 1. The molecule has 0 aliphatic carbocycles. The smallest absolute Gasteiger partial charge is 0.160 e. The lowest BCUT2D eigenvalue weighted by molar-refractivity contribution is 0.354. The number of hydrogen-bond acceptors (Lipinski definition) is 5. The Hall–Kier alpha value is -1.59. The number of aryl methyl sites for hydroxylation is 1. The van der Waals surface area contributed by atoms with Crippen LogP contribution in [-0.2, 0) is 13.0 Å². The minimum Gasteiger partial charge on any atom is -0.493 e. The topological polar surface area (TPSA) is 43.4 Å². The summed E-state index contributed by atoms with van der Waals surface area (Å²) in [6.45, 7) is 5.10. The average Bonchev–Trinajstić information content (AvgIpc) is 2.90. The maximum Gasteiger partial charge on any atom is 0.160 e. The summed E-state index contributed by atoms with van der Waals surface area (Å²) in [6.07, 6.45) is 0.943. The highest BCUT2D eigenvalue weighted by atomic mass is 32.1. The van der Waals surface area contributed by atoms with Crippen LogP contribution >= 0.6 is 11.3 Å². The molecule has 0 radical (unpaired) electrons. The Kier molecular flexibility index (Phi) is 5.59. The Morgan fingerprint density at radius 3 is 2.62 bits per heavy atom. The van der Waals surface area contributed by atoms with Crippen molar-refractivity contribution >= 4 is 11.3 Å². The molecule has 2 rings (SSSR count). The van der Waals surface area contributed by atoms with E-state index >= 15 is 0 Å². The maximum absolute atomic E-state index is 5.34. The van der Waals surface area contributed by atoms with Gasteiger partial charge in [-0.25, -0.2) is 4.98 Å². The third kappa shape index (κ3) is 4.19. The number of nitrogens with one attached hydrogen (secondary N) is 1. The van der Waals surface area contributed by atoms with Crippen LogP contribution in [0, 0.1) is 6.92 Å². The molecule has 0 saturated heterocycles. The highest BCUT2D eigenvalue weighted by molar-refractivity contribution is 7.09. The number of benzene rings is 1. The van der Waals surface area contributed by atoms with Crippen molar-refractivity contribution in [1.29, 1.82) is 0 Å². The van der Waals surface area contributed by atoms with Crippen molar-refractivity contribution in [3.8, 4) is 11.5 Å². The van der Waals surface area contributed by atoms with Crippen molar-refractivity contribution in [1.82, 2.24) is 10.3 Å². The molecule has 0 bridgehead atoms. The Labute approximate surface area is 130 Å². The highest BCUT2D eigenvalue weighted by Crippen LogP contribution is 2.28. The maximum atomic E-state index is 5.34. The molecule has 1 N–H and O–H groups in total. The summed E-state index contributed by atoms with van der Waals surface area (Å²) in [5, 5.41) is 3.54. The minimum atomic E-state index is 0.379. The standard InChI is InChI=1S/C16H22N2O2S/c1-11(17-9-16-12(2)18-10-21-16)7-13-5-6-14(19-3)15(8-13)20-4/h5-6,8,10-11,17H,7,9H2,1-4H3. The van der Waals surface area contributed by atoms with Gasteiger partial charge in [-0.15, -0.1) is 11.3 Å². The van der Waals surface area contributed by atoms with E-state index in [1.165, 1.54) is 10.4 Å². The van der Waals surface area contributed by atoms with Gasteiger partial charge in [-0.2, -0.15) is 0 Å². The molecule has 21 heavy (non-hydrogen) atoms. The highest BCUT2D eigenvalue weighted by Gasteiger charge is 2.09. The van der Waals surface area contributed by atoms with E-state index in [0.29, 0.717) is 6.04 Å². The quantitative estimate of drug-likeness (QED) is 0.853. The normalized spacial score (nSPS) is 12.2. The largest absolute Gasteiger partial charge is 0.493 e. The molecular formula is C16H22N2O2S. The second kappa shape index (κ2) is 7.43. The van der Waals surface area contributed by atoms with E-state index in [4.69, 9.17) is 9.47 Å². The van der Waals surface area contributed by atoms with Gasteiger partial charge in [0.05, 0.1) is 25.4 Å². The molecule has 1 atom stereocenters. The van der Waals surface area contributed by atoms with Crippen LogP contribution in [0.2, 0.25) is 0 Å². The third-order valence-electron chi connectivity index (χ3n) is 3.45. The van der Waals surface area contributed by atoms with Gasteiger partial charge in [0.1, 0.15) is 0 Å². The first-order valence-corrected chi connectivity index (χ1v) is 7.85.